The highest BCUT2D eigenvalue weighted by Crippen LogP contribution is 2.48. The number of allylic oxidation sites excluding steroid dienone is 2. The van der Waals surface area contributed by atoms with Crippen molar-refractivity contribution < 1.29 is 28.2 Å². The molecular weight excluding hydrogens is 627 g/mol. The molecule has 0 saturated heterocycles. The molecule has 0 bridgehead atoms. The van der Waals surface area contributed by atoms with Crippen LogP contribution in [0.2, 0.25) is 10.0 Å². The Hall–Kier alpha value is -3.07. The summed E-state index contributed by atoms with van der Waals surface area (Å²) in [6, 6.07) is 15.0. The molecule has 0 fully saturated rings. The molecule has 2 unspecified atom stereocenters. The Kier molecular flexibility index (Phi) is 11.4. The van der Waals surface area contributed by atoms with Crippen LogP contribution in [0.3, 0.4) is 0 Å². The predicted molar refractivity (Wildman–Crippen MR) is 173 cm³/mol. The summed E-state index contributed by atoms with van der Waals surface area (Å²) in [6.45, 7) is 4.48. The van der Waals surface area contributed by atoms with Crippen molar-refractivity contribution in [3.05, 3.63) is 110 Å². The maximum Gasteiger partial charge on any atom is 0.303 e. The molecule has 0 spiro atoms. The number of aliphatic carboxylic acids is 1. The standard InChI is InChI=1S/C34H35Cl2F2NO4S/c1-34(2,22-8-13-28(35)31(17-22)43-3)27-12-11-24(18-25(27)20-6-9-23(37)10-7-20)44-19-26-29(36)15-21(16-30(26)38)33(42)39-14-4-5-32(40)41/h6-10,12-13,15-17,24-25H,4-5,11,14,18-19H2,1-3H3,(H,39,42)(H,40,41). The number of halogens is 4. The van der Waals surface area contributed by atoms with Crippen LogP contribution in [0.1, 0.15) is 72.5 Å². The normalized spacial score (nSPS) is 16.8. The van der Waals surface area contributed by atoms with Gasteiger partial charge in [0, 0.05) is 51.5 Å². The monoisotopic (exact) mass is 661 g/mol. The van der Waals surface area contributed by atoms with E-state index in [4.69, 9.17) is 33.0 Å². The Morgan fingerprint density at radius 3 is 2.45 bits per heavy atom. The van der Waals surface area contributed by atoms with E-state index in [2.05, 4.69) is 25.2 Å². The van der Waals surface area contributed by atoms with Gasteiger partial charge in [-0.25, -0.2) is 8.78 Å². The van der Waals surface area contributed by atoms with Crippen LogP contribution in [0, 0.1) is 11.6 Å². The third-order valence-corrected chi connectivity index (χ3v) is 10.0. The molecule has 0 radical (unpaired) electrons. The summed E-state index contributed by atoms with van der Waals surface area (Å²) in [5.74, 6) is -1.43. The molecule has 10 heteroatoms. The van der Waals surface area contributed by atoms with Crippen LogP contribution in [-0.4, -0.2) is 35.9 Å². The Morgan fingerprint density at radius 1 is 1.07 bits per heavy atom. The molecule has 0 heterocycles. The van der Waals surface area contributed by atoms with E-state index in [1.165, 1.54) is 23.8 Å². The number of nitrogens with one attached hydrogen (secondary N) is 1. The summed E-state index contributed by atoms with van der Waals surface area (Å²) < 4.78 is 34.5. The van der Waals surface area contributed by atoms with E-state index in [1.54, 1.807) is 18.9 Å². The van der Waals surface area contributed by atoms with E-state index in [9.17, 15) is 14.0 Å². The zero-order chi connectivity index (χ0) is 32.0. The van der Waals surface area contributed by atoms with Crippen molar-refractivity contribution in [2.24, 2.45) is 0 Å². The van der Waals surface area contributed by atoms with Gasteiger partial charge in [-0.05, 0) is 66.8 Å². The van der Waals surface area contributed by atoms with E-state index in [1.807, 2.05) is 30.3 Å². The number of amides is 1. The third kappa shape index (κ3) is 8.14. The zero-order valence-electron chi connectivity index (χ0n) is 24.8. The first kappa shape index (κ1) is 33.8. The number of thioether (sulfide) groups is 1. The van der Waals surface area contributed by atoms with Gasteiger partial charge in [-0.15, -0.1) is 0 Å². The van der Waals surface area contributed by atoms with Gasteiger partial charge in [-0.3, -0.25) is 9.59 Å². The van der Waals surface area contributed by atoms with Gasteiger partial charge < -0.3 is 15.2 Å². The topological polar surface area (TPSA) is 75.6 Å². The quantitative estimate of drug-likeness (QED) is 0.150. The number of ether oxygens (including phenoxy) is 1. The smallest absolute Gasteiger partial charge is 0.303 e. The van der Waals surface area contributed by atoms with E-state index in [-0.39, 0.29) is 52.4 Å². The lowest BCUT2D eigenvalue weighted by Gasteiger charge is -2.39. The lowest BCUT2D eigenvalue weighted by Crippen LogP contribution is -2.29. The number of carbonyl (C=O) groups is 2. The number of benzene rings is 3. The molecule has 0 saturated carbocycles. The molecule has 2 atom stereocenters. The molecule has 4 rings (SSSR count). The molecule has 3 aromatic rings. The third-order valence-electron chi connectivity index (χ3n) is 8.06. The lowest BCUT2D eigenvalue weighted by molar-refractivity contribution is -0.137. The largest absolute Gasteiger partial charge is 0.495 e. The fourth-order valence-electron chi connectivity index (χ4n) is 5.56. The molecular formula is C34H35Cl2F2NO4S. The van der Waals surface area contributed by atoms with Crippen LogP contribution in [-0.2, 0) is 16.0 Å². The molecule has 2 N–H and O–H groups in total. The summed E-state index contributed by atoms with van der Waals surface area (Å²) in [5.41, 5.74) is 3.27. The molecule has 234 valence electrons. The lowest BCUT2D eigenvalue weighted by atomic mass is 9.67. The van der Waals surface area contributed by atoms with Gasteiger partial charge in [-0.2, -0.15) is 11.8 Å². The average Bonchev–Trinajstić information content (AvgIpc) is 2.99. The van der Waals surface area contributed by atoms with E-state index < -0.39 is 17.7 Å². The number of carboxylic acids is 1. The Morgan fingerprint density at radius 2 is 1.80 bits per heavy atom. The minimum Gasteiger partial charge on any atom is -0.495 e. The molecule has 0 aromatic heterocycles. The van der Waals surface area contributed by atoms with Gasteiger partial charge in [0.1, 0.15) is 17.4 Å². The van der Waals surface area contributed by atoms with Crippen LogP contribution in [0.4, 0.5) is 8.78 Å². The first-order valence-corrected chi connectivity index (χ1v) is 16.1. The summed E-state index contributed by atoms with van der Waals surface area (Å²) >= 11 is 14.3. The Bertz CT molecular complexity index is 1520. The maximum atomic E-state index is 15.2. The van der Waals surface area contributed by atoms with Crippen LogP contribution in [0.25, 0.3) is 0 Å². The van der Waals surface area contributed by atoms with Crippen LogP contribution >= 0.6 is 35.0 Å². The van der Waals surface area contributed by atoms with Crippen LogP contribution < -0.4 is 10.1 Å². The first-order chi connectivity index (χ1) is 20.9. The second-order valence-corrected chi connectivity index (χ2v) is 13.4. The fourth-order valence-corrected chi connectivity index (χ4v) is 7.36. The molecule has 5 nitrogen and oxygen atoms in total. The van der Waals surface area contributed by atoms with Gasteiger partial charge >= 0.3 is 5.97 Å². The van der Waals surface area contributed by atoms with Gasteiger partial charge in [0.25, 0.3) is 5.91 Å². The van der Waals surface area contributed by atoms with Crippen molar-refractivity contribution in [3.8, 4) is 5.75 Å². The van der Waals surface area contributed by atoms with E-state index in [0.717, 1.165) is 30.0 Å². The first-order valence-electron chi connectivity index (χ1n) is 14.3. The van der Waals surface area contributed by atoms with Gasteiger partial charge in [0.15, 0.2) is 0 Å². The summed E-state index contributed by atoms with van der Waals surface area (Å²) in [5, 5.41) is 12.2. The number of carbonyl (C=O) groups excluding carboxylic acids is 1. The number of hydrogen-bond acceptors (Lipinski definition) is 4. The van der Waals surface area contributed by atoms with Crippen molar-refractivity contribution in [1.29, 1.82) is 0 Å². The predicted octanol–water partition coefficient (Wildman–Crippen LogP) is 8.96. The number of rotatable bonds is 12. The zero-order valence-corrected chi connectivity index (χ0v) is 27.1. The van der Waals surface area contributed by atoms with Crippen molar-refractivity contribution in [1.82, 2.24) is 5.32 Å². The molecule has 1 amide bonds. The van der Waals surface area contributed by atoms with Crippen molar-refractivity contribution in [2.75, 3.05) is 13.7 Å². The molecule has 1 aliphatic rings. The van der Waals surface area contributed by atoms with Crippen molar-refractivity contribution >= 4 is 46.8 Å². The number of hydrogen-bond donors (Lipinski definition) is 2. The second kappa shape index (κ2) is 14.8. The molecule has 1 aliphatic carbocycles. The Balaban J connectivity index is 1.53. The highest BCUT2D eigenvalue weighted by atomic mass is 35.5. The maximum absolute atomic E-state index is 15.2. The van der Waals surface area contributed by atoms with Gasteiger partial charge in [0.05, 0.1) is 12.1 Å². The van der Waals surface area contributed by atoms with Crippen molar-refractivity contribution in [2.45, 2.75) is 61.9 Å². The van der Waals surface area contributed by atoms with E-state index in [0.29, 0.717) is 22.1 Å². The SMILES string of the molecule is COc1cc(C(C)(C)C2=CCC(SCc3c(F)cc(C(=O)NCCCC(=O)O)cc3Cl)CC2c2ccc(F)cc2)ccc1Cl. The second-order valence-electron chi connectivity index (χ2n) is 11.3. The van der Waals surface area contributed by atoms with Gasteiger partial charge in [0.2, 0.25) is 0 Å². The average molecular weight is 663 g/mol. The van der Waals surface area contributed by atoms with Gasteiger partial charge in [-0.1, -0.05) is 66.9 Å². The fraction of sp³-hybridized carbons (Fsp3) is 0.353. The van der Waals surface area contributed by atoms with Crippen molar-refractivity contribution in [3.63, 3.8) is 0 Å². The summed E-state index contributed by atoms with van der Waals surface area (Å²) in [6.07, 6.45) is 3.95. The Labute approximate surface area is 271 Å². The van der Waals surface area contributed by atoms with E-state index >= 15 is 4.39 Å². The van der Waals surface area contributed by atoms with Crippen LogP contribution in [0.15, 0.2) is 66.2 Å². The minimum absolute atomic E-state index is 0.00830. The number of carboxylic acid groups (broad SMARTS) is 1. The number of methoxy groups -OCH3 is 1. The van der Waals surface area contributed by atoms with Crippen LogP contribution in [0.5, 0.6) is 5.75 Å². The minimum atomic E-state index is -0.949. The highest BCUT2D eigenvalue weighted by molar-refractivity contribution is 7.99. The summed E-state index contributed by atoms with van der Waals surface area (Å²) in [7, 11) is 1.59. The highest BCUT2D eigenvalue weighted by Gasteiger charge is 2.36. The summed E-state index contributed by atoms with van der Waals surface area (Å²) in [4.78, 5) is 23.1. The molecule has 44 heavy (non-hydrogen) atoms. The molecule has 0 aliphatic heterocycles. The molecule has 3 aromatic carbocycles.